The molecule has 0 bridgehead atoms. The summed E-state index contributed by atoms with van der Waals surface area (Å²) in [4.78, 5) is 1.95. The van der Waals surface area contributed by atoms with Crippen molar-refractivity contribution in [2.24, 2.45) is 0 Å². The van der Waals surface area contributed by atoms with E-state index in [-0.39, 0.29) is 17.5 Å². The van der Waals surface area contributed by atoms with Crippen molar-refractivity contribution in [3.05, 3.63) is 41.2 Å². The fraction of sp³-hybridized carbons (Fsp3) is 0.474. The Labute approximate surface area is 171 Å². The number of hydrogen-bond donors (Lipinski definition) is 1. The molecule has 0 aliphatic carbocycles. The van der Waals surface area contributed by atoms with Crippen molar-refractivity contribution in [2.75, 3.05) is 31.0 Å². The van der Waals surface area contributed by atoms with Gasteiger partial charge in [0.1, 0.15) is 5.75 Å². The summed E-state index contributed by atoms with van der Waals surface area (Å²) in [6.07, 6.45) is 0.620. The zero-order valence-corrected chi connectivity index (χ0v) is 18.2. The van der Waals surface area contributed by atoms with Gasteiger partial charge in [-0.2, -0.15) is 5.10 Å². The molecule has 2 aromatic rings. The molecular formula is C19H26N4O3S2. The fourth-order valence-corrected chi connectivity index (χ4v) is 5.35. The average Bonchev–Trinajstić information content (AvgIpc) is 3.15. The fourth-order valence-electron chi connectivity index (χ4n) is 3.48. The Kier molecular flexibility index (Phi) is 5.95. The maximum absolute atomic E-state index is 11.8. The molecule has 0 spiro atoms. The summed E-state index contributed by atoms with van der Waals surface area (Å²) >= 11 is 5.54. The topological polar surface area (TPSA) is 76.5 Å². The maximum Gasteiger partial charge on any atom is 0.173 e. The third-order valence-corrected chi connectivity index (χ3v) is 7.26. The quantitative estimate of drug-likeness (QED) is 0.743. The summed E-state index contributed by atoms with van der Waals surface area (Å²) in [5.41, 5.74) is 3.83. The molecular weight excluding hydrogens is 396 g/mol. The molecule has 3 rings (SSSR count). The van der Waals surface area contributed by atoms with Gasteiger partial charge in [-0.25, -0.2) is 8.42 Å². The molecule has 0 radical (unpaired) electrons. The molecule has 0 saturated carbocycles. The predicted molar refractivity (Wildman–Crippen MR) is 115 cm³/mol. The number of methoxy groups -OCH3 is 1. The minimum atomic E-state index is -2.95. The molecule has 1 fully saturated rings. The molecule has 152 valence electrons. The van der Waals surface area contributed by atoms with E-state index in [2.05, 4.69) is 10.4 Å². The predicted octanol–water partition coefficient (Wildman–Crippen LogP) is 2.70. The van der Waals surface area contributed by atoms with Gasteiger partial charge in [0.25, 0.3) is 0 Å². The molecule has 1 atom stereocenters. The third kappa shape index (κ3) is 4.47. The highest BCUT2D eigenvalue weighted by Crippen LogP contribution is 2.27. The molecule has 7 nitrogen and oxygen atoms in total. The lowest BCUT2D eigenvalue weighted by molar-refractivity contribution is 0.415. The van der Waals surface area contributed by atoms with E-state index in [1.54, 1.807) is 7.11 Å². The molecule has 28 heavy (non-hydrogen) atoms. The van der Waals surface area contributed by atoms with Crippen molar-refractivity contribution in [1.82, 2.24) is 14.7 Å². The Morgan fingerprint density at radius 2 is 2.18 bits per heavy atom. The second-order valence-electron chi connectivity index (χ2n) is 7.17. The average molecular weight is 423 g/mol. The van der Waals surface area contributed by atoms with Crippen molar-refractivity contribution in [3.8, 4) is 5.75 Å². The minimum absolute atomic E-state index is 0.0791. The second kappa shape index (κ2) is 8.08. The molecule has 1 aromatic carbocycles. The van der Waals surface area contributed by atoms with Crippen LogP contribution in [0.2, 0.25) is 0 Å². The summed E-state index contributed by atoms with van der Waals surface area (Å²) in [7, 11) is 0.597. The summed E-state index contributed by atoms with van der Waals surface area (Å²) in [5, 5.41) is 8.43. The van der Waals surface area contributed by atoms with Crippen LogP contribution in [0.4, 0.5) is 5.69 Å². The minimum Gasteiger partial charge on any atom is -0.497 e. The van der Waals surface area contributed by atoms with Gasteiger partial charge < -0.3 is 15.0 Å². The van der Waals surface area contributed by atoms with Gasteiger partial charge in [0, 0.05) is 36.6 Å². The van der Waals surface area contributed by atoms with Crippen LogP contribution in [0.3, 0.4) is 0 Å². The van der Waals surface area contributed by atoms with Gasteiger partial charge in [0.15, 0.2) is 14.9 Å². The van der Waals surface area contributed by atoms with Crippen LogP contribution in [0, 0.1) is 13.8 Å². The molecule has 1 aromatic heterocycles. The van der Waals surface area contributed by atoms with Gasteiger partial charge in [-0.05, 0) is 44.6 Å². The number of aromatic nitrogens is 2. The van der Waals surface area contributed by atoms with Crippen LogP contribution in [0.15, 0.2) is 24.3 Å². The van der Waals surface area contributed by atoms with Crippen LogP contribution in [0.5, 0.6) is 5.75 Å². The Balaban J connectivity index is 1.71. The number of benzene rings is 1. The zero-order chi connectivity index (χ0) is 20.5. The molecule has 0 unspecified atom stereocenters. The maximum atomic E-state index is 11.8. The lowest BCUT2D eigenvalue weighted by Crippen LogP contribution is -2.31. The number of nitrogens with one attached hydrogen (secondary N) is 1. The highest BCUT2D eigenvalue weighted by molar-refractivity contribution is 7.91. The molecule has 1 aliphatic rings. The number of thiocarbonyl (C=S) groups is 1. The third-order valence-electron chi connectivity index (χ3n) is 5.09. The second-order valence-corrected chi connectivity index (χ2v) is 9.78. The number of sulfone groups is 1. The number of anilines is 1. The molecule has 1 N–H and O–H groups in total. The Hall–Kier alpha value is -2.13. The number of rotatable bonds is 5. The first-order chi connectivity index (χ1) is 13.2. The molecule has 0 amide bonds. The summed E-state index contributed by atoms with van der Waals surface area (Å²) in [6, 6.07) is 7.51. The highest BCUT2D eigenvalue weighted by atomic mass is 32.2. The van der Waals surface area contributed by atoms with E-state index in [1.165, 1.54) is 0 Å². The number of nitrogens with zero attached hydrogens (tertiary/aromatic N) is 3. The van der Waals surface area contributed by atoms with E-state index in [0.717, 1.165) is 28.4 Å². The highest BCUT2D eigenvalue weighted by Gasteiger charge is 2.31. The summed E-state index contributed by atoms with van der Waals surface area (Å²) in [5.74, 6) is 1.16. The van der Waals surface area contributed by atoms with Gasteiger partial charge in [-0.3, -0.25) is 4.68 Å². The normalized spacial score (nSPS) is 18.1. The SMILES string of the molecule is COc1cccc(NC(=S)N(C)Cc2c(C)nn([C@@H]3CCS(=O)(=O)C3)c2C)c1. The standard InChI is InChI=1S/C19H26N4O3S2/c1-13-18(14(2)23(21-13)16-8-9-28(24,25)12-16)11-22(3)19(27)20-15-6-5-7-17(10-15)26-4/h5-7,10,16H,8-9,11-12H2,1-4H3,(H,20,27)/t16-/m1/s1. The lowest BCUT2D eigenvalue weighted by atomic mass is 10.2. The molecule has 1 aliphatic heterocycles. The van der Waals surface area contributed by atoms with Crippen LogP contribution in [-0.4, -0.2) is 53.9 Å². The monoisotopic (exact) mass is 422 g/mol. The Morgan fingerprint density at radius 1 is 1.43 bits per heavy atom. The van der Waals surface area contributed by atoms with Crippen LogP contribution in [0.25, 0.3) is 0 Å². The zero-order valence-electron chi connectivity index (χ0n) is 16.6. The van der Waals surface area contributed by atoms with Gasteiger partial charge in [-0.15, -0.1) is 0 Å². The Morgan fingerprint density at radius 3 is 2.82 bits per heavy atom. The van der Waals surface area contributed by atoms with E-state index in [1.807, 2.05) is 54.7 Å². The molecule has 9 heteroatoms. The first kappa shape index (κ1) is 20.6. The van der Waals surface area contributed by atoms with Gasteiger partial charge in [0.05, 0.1) is 30.4 Å². The van der Waals surface area contributed by atoms with Crippen LogP contribution in [0.1, 0.15) is 29.4 Å². The van der Waals surface area contributed by atoms with E-state index >= 15 is 0 Å². The van der Waals surface area contributed by atoms with E-state index in [4.69, 9.17) is 17.0 Å². The van der Waals surface area contributed by atoms with Crippen LogP contribution < -0.4 is 10.1 Å². The van der Waals surface area contributed by atoms with Crippen molar-refractivity contribution in [1.29, 1.82) is 0 Å². The van der Waals surface area contributed by atoms with Gasteiger partial charge in [-0.1, -0.05) is 6.07 Å². The van der Waals surface area contributed by atoms with E-state index in [9.17, 15) is 8.42 Å². The number of hydrogen-bond acceptors (Lipinski definition) is 5. The van der Waals surface area contributed by atoms with Crippen molar-refractivity contribution in [3.63, 3.8) is 0 Å². The largest absolute Gasteiger partial charge is 0.497 e. The van der Waals surface area contributed by atoms with Crippen molar-refractivity contribution >= 4 is 32.9 Å². The van der Waals surface area contributed by atoms with Crippen LogP contribution >= 0.6 is 12.2 Å². The Bertz CT molecular complexity index is 985. The number of aryl methyl sites for hydroxylation is 1. The molecule has 2 heterocycles. The van der Waals surface area contributed by atoms with Crippen molar-refractivity contribution in [2.45, 2.75) is 32.9 Å². The summed E-state index contributed by atoms with van der Waals surface area (Å²) in [6.45, 7) is 4.54. The van der Waals surface area contributed by atoms with E-state index in [0.29, 0.717) is 18.1 Å². The first-order valence-electron chi connectivity index (χ1n) is 9.11. The first-order valence-corrected chi connectivity index (χ1v) is 11.3. The van der Waals surface area contributed by atoms with Crippen LogP contribution in [-0.2, 0) is 16.4 Å². The summed E-state index contributed by atoms with van der Waals surface area (Å²) < 4.78 is 30.8. The van der Waals surface area contributed by atoms with E-state index < -0.39 is 9.84 Å². The van der Waals surface area contributed by atoms with Crippen molar-refractivity contribution < 1.29 is 13.2 Å². The van der Waals surface area contributed by atoms with Gasteiger partial charge >= 0.3 is 0 Å². The van der Waals surface area contributed by atoms with Gasteiger partial charge in [0.2, 0.25) is 0 Å². The number of ether oxygens (including phenoxy) is 1. The smallest absolute Gasteiger partial charge is 0.173 e. The lowest BCUT2D eigenvalue weighted by Gasteiger charge is -2.22. The molecule has 1 saturated heterocycles.